The molecule has 0 radical (unpaired) electrons. The molecule has 2 aliphatic rings. The molecular formula is C23H22FN5O2. The second-order valence-corrected chi connectivity index (χ2v) is 8.73. The van der Waals surface area contributed by atoms with Crippen molar-refractivity contribution in [1.29, 1.82) is 21.2 Å². The van der Waals surface area contributed by atoms with E-state index in [0.717, 1.165) is 0 Å². The number of halogens is 1. The van der Waals surface area contributed by atoms with Crippen LogP contribution >= 0.6 is 0 Å². The first kappa shape index (κ1) is 22.0. The van der Waals surface area contributed by atoms with Crippen LogP contribution in [0.3, 0.4) is 0 Å². The summed E-state index contributed by atoms with van der Waals surface area (Å²) < 4.78 is 19.5. The second kappa shape index (κ2) is 7.85. The molecule has 8 heteroatoms. The molecule has 1 aromatic carbocycles. The van der Waals surface area contributed by atoms with Crippen LogP contribution in [0.15, 0.2) is 35.9 Å². The molecular weight excluding hydrogens is 397 g/mol. The number of nitrogens with one attached hydrogen (secondary N) is 1. The number of benzene rings is 1. The number of fused-ring (bicyclic) bond motifs is 1. The minimum atomic E-state index is -1.89. The van der Waals surface area contributed by atoms with Gasteiger partial charge in [0.25, 0.3) is 0 Å². The normalized spacial score (nSPS) is 24.7. The van der Waals surface area contributed by atoms with E-state index in [0.29, 0.717) is 11.1 Å². The van der Waals surface area contributed by atoms with Gasteiger partial charge >= 0.3 is 6.09 Å². The zero-order valence-electron chi connectivity index (χ0n) is 17.5. The Balaban J connectivity index is 2.14. The third kappa shape index (κ3) is 3.76. The van der Waals surface area contributed by atoms with Crippen LogP contribution < -0.4 is 0 Å². The third-order valence-corrected chi connectivity index (χ3v) is 5.65. The molecule has 0 saturated heterocycles. The van der Waals surface area contributed by atoms with Gasteiger partial charge in [-0.05, 0) is 44.0 Å². The largest absolute Gasteiger partial charge is 0.444 e. The number of carbonyl (C=O) groups is 1. The lowest BCUT2D eigenvalue weighted by molar-refractivity contribution is 0.0223. The van der Waals surface area contributed by atoms with Crippen molar-refractivity contribution in [3.8, 4) is 18.2 Å². The smallest absolute Gasteiger partial charge is 0.410 e. The summed E-state index contributed by atoms with van der Waals surface area (Å²) in [6, 6.07) is 11.6. The van der Waals surface area contributed by atoms with Gasteiger partial charge in [0.05, 0.1) is 29.8 Å². The molecule has 0 spiro atoms. The SMILES string of the molecule is CC(C)(C)OC(=O)N1CC=C2[C@H](C1)[C@@H](c1cccc(F)c1)[C@H](C#N)C(=N)C2(C#N)C#N. The van der Waals surface area contributed by atoms with Gasteiger partial charge in [0, 0.05) is 24.9 Å². The van der Waals surface area contributed by atoms with Crippen molar-refractivity contribution in [3.63, 3.8) is 0 Å². The molecule has 0 unspecified atom stereocenters. The maximum absolute atomic E-state index is 14.0. The van der Waals surface area contributed by atoms with Gasteiger partial charge in [0.1, 0.15) is 11.4 Å². The Morgan fingerprint density at radius 2 is 1.97 bits per heavy atom. The number of nitrogens with zero attached hydrogens (tertiary/aromatic N) is 4. The van der Waals surface area contributed by atoms with Gasteiger partial charge < -0.3 is 15.0 Å². The predicted molar refractivity (Wildman–Crippen MR) is 109 cm³/mol. The quantitative estimate of drug-likeness (QED) is 0.691. The van der Waals surface area contributed by atoms with E-state index in [1.54, 1.807) is 32.9 Å². The molecule has 1 fully saturated rings. The third-order valence-electron chi connectivity index (χ3n) is 5.65. The fraction of sp³-hybridized carbons (Fsp3) is 0.435. The van der Waals surface area contributed by atoms with Crippen molar-refractivity contribution in [2.75, 3.05) is 13.1 Å². The van der Waals surface area contributed by atoms with E-state index in [-0.39, 0.29) is 18.8 Å². The number of hydrogen-bond acceptors (Lipinski definition) is 6. The molecule has 0 aromatic heterocycles. The highest BCUT2D eigenvalue weighted by Crippen LogP contribution is 2.52. The van der Waals surface area contributed by atoms with Crippen LogP contribution in [0.5, 0.6) is 0 Å². The van der Waals surface area contributed by atoms with Gasteiger partial charge in [-0.2, -0.15) is 15.8 Å². The molecule has 31 heavy (non-hydrogen) atoms. The molecule has 1 aliphatic heterocycles. The van der Waals surface area contributed by atoms with Crippen molar-refractivity contribution in [2.45, 2.75) is 32.3 Å². The molecule has 1 heterocycles. The monoisotopic (exact) mass is 419 g/mol. The van der Waals surface area contributed by atoms with E-state index < -0.39 is 40.7 Å². The van der Waals surface area contributed by atoms with Gasteiger partial charge in [-0.3, -0.25) is 0 Å². The van der Waals surface area contributed by atoms with Crippen LogP contribution in [0.2, 0.25) is 0 Å². The number of ether oxygens (including phenoxy) is 1. The standard InChI is InChI=1S/C23H22FN5O2/c1-22(2,3)31-21(30)29-8-7-18-17(11-29)19(14-5-4-6-15(24)9-14)16(10-25)20(28)23(18,12-26)13-27/h4-7,9,16-17,19,28H,8,11H2,1-3H3/t16-,17-,19-/m0/s1. The lowest BCUT2D eigenvalue weighted by Gasteiger charge is -2.47. The van der Waals surface area contributed by atoms with Gasteiger partial charge in [-0.1, -0.05) is 18.2 Å². The van der Waals surface area contributed by atoms with Crippen LogP contribution in [0.4, 0.5) is 9.18 Å². The Bertz CT molecular complexity index is 1070. The predicted octanol–water partition coefficient (Wildman–Crippen LogP) is 3.91. The first-order valence-electron chi connectivity index (χ1n) is 9.83. The first-order valence-corrected chi connectivity index (χ1v) is 9.83. The summed E-state index contributed by atoms with van der Waals surface area (Å²) in [5.74, 6) is -2.94. The molecule has 1 aliphatic carbocycles. The molecule has 1 N–H and O–H groups in total. The average Bonchev–Trinajstić information content (AvgIpc) is 2.71. The topological polar surface area (TPSA) is 125 Å². The Kier molecular flexibility index (Phi) is 5.57. The maximum atomic E-state index is 14.0. The van der Waals surface area contributed by atoms with Crippen molar-refractivity contribution in [3.05, 3.63) is 47.3 Å². The minimum Gasteiger partial charge on any atom is -0.444 e. The Morgan fingerprint density at radius 3 is 2.52 bits per heavy atom. The Labute approximate surface area is 180 Å². The van der Waals surface area contributed by atoms with Gasteiger partial charge in [0.2, 0.25) is 5.41 Å². The highest BCUT2D eigenvalue weighted by atomic mass is 19.1. The molecule has 3 atom stereocenters. The van der Waals surface area contributed by atoms with Gasteiger partial charge in [-0.25, -0.2) is 9.18 Å². The summed E-state index contributed by atoms with van der Waals surface area (Å²) in [6.45, 7) is 5.42. The van der Waals surface area contributed by atoms with E-state index in [4.69, 9.17) is 10.1 Å². The van der Waals surface area contributed by atoms with Crippen LogP contribution in [-0.4, -0.2) is 35.4 Å². The Morgan fingerprint density at radius 1 is 1.29 bits per heavy atom. The van der Waals surface area contributed by atoms with Crippen LogP contribution in [0, 0.1) is 62.5 Å². The number of hydrogen-bond donors (Lipinski definition) is 1. The lowest BCUT2D eigenvalue weighted by atomic mass is 9.55. The summed E-state index contributed by atoms with van der Waals surface area (Å²) >= 11 is 0. The van der Waals surface area contributed by atoms with Crippen molar-refractivity contribution in [1.82, 2.24) is 4.90 Å². The summed E-state index contributed by atoms with van der Waals surface area (Å²) in [5, 5.41) is 38.2. The summed E-state index contributed by atoms with van der Waals surface area (Å²) in [5.41, 5.74) is -2.07. The zero-order chi connectivity index (χ0) is 23.0. The van der Waals surface area contributed by atoms with E-state index >= 15 is 0 Å². The average molecular weight is 419 g/mol. The Hall–Kier alpha value is -3.70. The van der Waals surface area contributed by atoms with Crippen molar-refractivity contribution < 1.29 is 13.9 Å². The van der Waals surface area contributed by atoms with E-state index in [9.17, 15) is 25.0 Å². The highest BCUT2D eigenvalue weighted by molar-refractivity contribution is 6.01. The number of nitriles is 3. The molecule has 158 valence electrons. The number of amides is 1. The molecule has 1 amide bonds. The van der Waals surface area contributed by atoms with Crippen molar-refractivity contribution >= 4 is 11.8 Å². The second-order valence-electron chi connectivity index (χ2n) is 8.73. The van der Waals surface area contributed by atoms with Crippen LogP contribution in [0.1, 0.15) is 32.3 Å². The minimum absolute atomic E-state index is 0.0818. The fourth-order valence-electron chi connectivity index (χ4n) is 4.34. The van der Waals surface area contributed by atoms with Gasteiger partial charge in [0.15, 0.2) is 0 Å². The first-order chi connectivity index (χ1) is 14.6. The zero-order valence-corrected chi connectivity index (χ0v) is 17.5. The molecule has 7 nitrogen and oxygen atoms in total. The highest BCUT2D eigenvalue weighted by Gasteiger charge is 2.57. The lowest BCUT2D eigenvalue weighted by Crippen LogP contribution is -2.53. The van der Waals surface area contributed by atoms with E-state index in [1.807, 2.05) is 18.2 Å². The molecule has 0 bridgehead atoms. The van der Waals surface area contributed by atoms with Crippen LogP contribution in [0.25, 0.3) is 0 Å². The van der Waals surface area contributed by atoms with E-state index in [2.05, 4.69) is 0 Å². The fourth-order valence-corrected chi connectivity index (χ4v) is 4.34. The van der Waals surface area contributed by atoms with Crippen molar-refractivity contribution in [2.24, 2.45) is 17.3 Å². The number of rotatable bonds is 1. The summed E-state index contributed by atoms with van der Waals surface area (Å²) in [6.07, 6.45) is 1.04. The van der Waals surface area contributed by atoms with Crippen LogP contribution in [-0.2, 0) is 4.74 Å². The number of carbonyl (C=O) groups excluding carboxylic acids is 1. The molecule has 3 rings (SSSR count). The molecule has 1 aromatic rings. The van der Waals surface area contributed by atoms with Gasteiger partial charge in [-0.15, -0.1) is 0 Å². The molecule has 1 saturated carbocycles. The summed E-state index contributed by atoms with van der Waals surface area (Å²) in [4.78, 5) is 14.1. The van der Waals surface area contributed by atoms with E-state index in [1.165, 1.54) is 23.1 Å². The summed E-state index contributed by atoms with van der Waals surface area (Å²) in [7, 11) is 0. The maximum Gasteiger partial charge on any atom is 0.410 e.